The molecule has 0 saturated carbocycles. The van der Waals surface area contributed by atoms with Crippen molar-refractivity contribution in [1.82, 2.24) is 0 Å². The molecule has 2 rings (SSSR count). The molecule has 0 heterocycles. The van der Waals surface area contributed by atoms with Crippen LogP contribution in [0.25, 0.3) is 11.1 Å². The summed E-state index contributed by atoms with van der Waals surface area (Å²) in [5, 5.41) is 0. The summed E-state index contributed by atoms with van der Waals surface area (Å²) in [7, 11) is 0. The van der Waals surface area contributed by atoms with Crippen molar-refractivity contribution in [3.8, 4) is 11.1 Å². The molecule has 82 valence electrons. The quantitative estimate of drug-likeness (QED) is 0.825. The molecule has 0 fully saturated rings. The van der Waals surface area contributed by atoms with Crippen molar-refractivity contribution >= 4 is 0 Å². The molecule has 2 N–H and O–H groups in total. The van der Waals surface area contributed by atoms with Crippen LogP contribution in [0.2, 0.25) is 0 Å². The van der Waals surface area contributed by atoms with Crippen molar-refractivity contribution in [3.05, 3.63) is 59.7 Å². The highest BCUT2D eigenvalue weighted by atomic mass is 19.1. The van der Waals surface area contributed by atoms with Crippen molar-refractivity contribution in [2.24, 2.45) is 5.73 Å². The molecule has 0 amide bonds. The minimum atomic E-state index is -0.573. The molecule has 2 aromatic carbocycles. The zero-order valence-corrected chi connectivity index (χ0v) is 8.58. The number of rotatable bonds is 2. The van der Waals surface area contributed by atoms with Crippen molar-refractivity contribution < 1.29 is 8.78 Å². The van der Waals surface area contributed by atoms with Gasteiger partial charge in [-0.1, -0.05) is 18.2 Å². The van der Waals surface area contributed by atoms with E-state index in [2.05, 4.69) is 0 Å². The minimum Gasteiger partial charge on any atom is -0.326 e. The van der Waals surface area contributed by atoms with Gasteiger partial charge in [-0.25, -0.2) is 8.78 Å². The Hall–Kier alpha value is -1.74. The van der Waals surface area contributed by atoms with E-state index in [1.807, 2.05) is 6.07 Å². The Bertz CT molecular complexity index is 509. The van der Waals surface area contributed by atoms with E-state index in [-0.39, 0.29) is 0 Å². The summed E-state index contributed by atoms with van der Waals surface area (Å²) in [4.78, 5) is 0. The lowest BCUT2D eigenvalue weighted by atomic mass is 10.0. The second-order valence-corrected chi connectivity index (χ2v) is 3.53. The second-order valence-electron chi connectivity index (χ2n) is 3.53. The van der Waals surface area contributed by atoms with Gasteiger partial charge in [-0.3, -0.25) is 0 Å². The molecule has 0 bridgehead atoms. The molecular formula is C13H11F2N. The Kier molecular flexibility index (Phi) is 2.97. The number of hydrogen-bond acceptors (Lipinski definition) is 1. The molecule has 2 aromatic rings. The van der Waals surface area contributed by atoms with Gasteiger partial charge < -0.3 is 5.73 Å². The van der Waals surface area contributed by atoms with Crippen LogP contribution in [0.15, 0.2) is 42.5 Å². The zero-order valence-electron chi connectivity index (χ0n) is 8.58. The Morgan fingerprint density at radius 2 is 1.81 bits per heavy atom. The maximum atomic E-state index is 13.5. The van der Waals surface area contributed by atoms with Crippen molar-refractivity contribution in [1.29, 1.82) is 0 Å². The molecule has 0 aliphatic heterocycles. The van der Waals surface area contributed by atoms with E-state index in [0.717, 1.165) is 11.6 Å². The lowest BCUT2D eigenvalue weighted by Gasteiger charge is -2.05. The molecule has 0 unspecified atom stereocenters. The van der Waals surface area contributed by atoms with Gasteiger partial charge in [-0.05, 0) is 29.3 Å². The summed E-state index contributed by atoms with van der Waals surface area (Å²) in [6.45, 7) is 0.399. The highest BCUT2D eigenvalue weighted by Gasteiger charge is 2.06. The maximum Gasteiger partial charge on any atom is 0.133 e. The first-order valence-electron chi connectivity index (χ1n) is 4.95. The fraction of sp³-hybridized carbons (Fsp3) is 0.0769. The number of nitrogens with two attached hydrogens (primary N) is 1. The third kappa shape index (κ3) is 2.09. The van der Waals surface area contributed by atoms with E-state index in [4.69, 9.17) is 5.73 Å². The van der Waals surface area contributed by atoms with E-state index >= 15 is 0 Å². The fourth-order valence-electron chi connectivity index (χ4n) is 1.59. The molecule has 0 spiro atoms. The molecule has 3 heteroatoms. The van der Waals surface area contributed by atoms with Gasteiger partial charge in [0.05, 0.1) is 0 Å². The van der Waals surface area contributed by atoms with E-state index in [9.17, 15) is 8.78 Å². The van der Waals surface area contributed by atoms with Gasteiger partial charge in [0.15, 0.2) is 0 Å². The van der Waals surface area contributed by atoms with E-state index < -0.39 is 11.6 Å². The van der Waals surface area contributed by atoms with Crippen LogP contribution in [0.3, 0.4) is 0 Å². The number of benzene rings is 2. The summed E-state index contributed by atoms with van der Waals surface area (Å²) >= 11 is 0. The molecular weight excluding hydrogens is 208 g/mol. The molecule has 0 atom stereocenters. The highest BCUT2D eigenvalue weighted by Crippen LogP contribution is 2.24. The van der Waals surface area contributed by atoms with Crippen LogP contribution >= 0.6 is 0 Å². The molecule has 1 nitrogen and oxygen atoms in total. The Morgan fingerprint density at radius 3 is 2.50 bits per heavy atom. The smallest absolute Gasteiger partial charge is 0.133 e. The predicted octanol–water partition coefficient (Wildman–Crippen LogP) is 3.09. The van der Waals surface area contributed by atoms with Gasteiger partial charge in [0.2, 0.25) is 0 Å². The Balaban J connectivity index is 2.49. The van der Waals surface area contributed by atoms with Gasteiger partial charge in [0.1, 0.15) is 11.6 Å². The predicted molar refractivity (Wildman–Crippen MR) is 59.7 cm³/mol. The maximum absolute atomic E-state index is 13.5. The van der Waals surface area contributed by atoms with Crippen LogP contribution in [-0.2, 0) is 6.54 Å². The zero-order chi connectivity index (χ0) is 11.5. The van der Waals surface area contributed by atoms with Gasteiger partial charge in [0, 0.05) is 18.2 Å². The lowest BCUT2D eigenvalue weighted by molar-refractivity contribution is 0.585. The Morgan fingerprint density at radius 1 is 1.00 bits per heavy atom. The monoisotopic (exact) mass is 219 g/mol. The van der Waals surface area contributed by atoms with Crippen molar-refractivity contribution in [2.45, 2.75) is 6.54 Å². The molecule has 16 heavy (non-hydrogen) atoms. The first-order valence-corrected chi connectivity index (χ1v) is 4.95. The van der Waals surface area contributed by atoms with Gasteiger partial charge >= 0.3 is 0 Å². The summed E-state index contributed by atoms with van der Waals surface area (Å²) in [6, 6.07) is 10.8. The van der Waals surface area contributed by atoms with Gasteiger partial charge in [0.25, 0.3) is 0 Å². The van der Waals surface area contributed by atoms with Gasteiger partial charge in [-0.2, -0.15) is 0 Å². The SMILES string of the molecule is NCc1cccc(-c2ccc(F)cc2F)c1. The molecule has 0 aliphatic rings. The van der Waals surface area contributed by atoms with Gasteiger partial charge in [-0.15, -0.1) is 0 Å². The van der Waals surface area contributed by atoms with Crippen LogP contribution < -0.4 is 5.73 Å². The molecule has 0 aliphatic carbocycles. The van der Waals surface area contributed by atoms with Crippen molar-refractivity contribution in [3.63, 3.8) is 0 Å². The van der Waals surface area contributed by atoms with Crippen molar-refractivity contribution in [2.75, 3.05) is 0 Å². The third-order valence-electron chi connectivity index (χ3n) is 2.40. The lowest BCUT2D eigenvalue weighted by Crippen LogP contribution is -1.96. The number of halogens is 2. The molecule has 0 radical (unpaired) electrons. The van der Waals surface area contributed by atoms with Crippen LogP contribution in [0.1, 0.15) is 5.56 Å². The van der Waals surface area contributed by atoms with Crippen LogP contribution in [0.4, 0.5) is 8.78 Å². The second kappa shape index (κ2) is 4.41. The van der Waals surface area contributed by atoms with E-state index in [1.165, 1.54) is 12.1 Å². The van der Waals surface area contributed by atoms with Crippen LogP contribution in [0, 0.1) is 11.6 Å². The Labute approximate surface area is 92.5 Å². The van der Waals surface area contributed by atoms with E-state index in [1.54, 1.807) is 18.2 Å². The largest absolute Gasteiger partial charge is 0.326 e. The summed E-state index contributed by atoms with van der Waals surface area (Å²) in [5.41, 5.74) is 7.52. The van der Waals surface area contributed by atoms with Crippen LogP contribution in [-0.4, -0.2) is 0 Å². The van der Waals surface area contributed by atoms with E-state index in [0.29, 0.717) is 17.7 Å². The fourth-order valence-corrected chi connectivity index (χ4v) is 1.59. The first kappa shape index (κ1) is 10.8. The topological polar surface area (TPSA) is 26.0 Å². The summed E-state index contributed by atoms with van der Waals surface area (Å²) in [6.07, 6.45) is 0. The highest BCUT2D eigenvalue weighted by molar-refractivity contribution is 5.64. The minimum absolute atomic E-state index is 0.386. The van der Waals surface area contributed by atoms with Crippen LogP contribution in [0.5, 0.6) is 0 Å². The summed E-state index contributed by atoms with van der Waals surface area (Å²) < 4.78 is 26.2. The molecule has 0 aromatic heterocycles. The molecule has 0 saturated heterocycles. The first-order chi connectivity index (χ1) is 7.70. The average Bonchev–Trinajstić information content (AvgIpc) is 2.29. The number of hydrogen-bond donors (Lipinski definition) is 1. The normalized spacial score (nSPS) is 10.4. The average molecular weight is 219 g/mol. The third-order valence-corrected chi connectivity index (χ3v) is 2.40. The standard InChI is InChI=1S/C13H11F2N/c14-11-4-5-12(13(15)7-11)10-3-1-2-9(6-10)8-16/h1-7H,8,16H2. The summed E-state index contributed by atoms with van der Waals surface area (Å²) in [5.74, 6) is -1.13.